The van der Waals surface area contributed by atoms with Gasteiger partial charge in [-0.3, -0.25) is 0 Å². The molecular weight excluding hydrogens is 317 g/mol. The molecule has 23 heavy (non-hydrogen) atoms. The minimum atomic E-state index is -0.430. The third-order valence-electron chi connectivity index (χ3n) is 3.65. The van der Waals surface area contributed by atoms with Crippen molar-refractivity contribution in [1.82, 2.24) is 4.98 Å². The topological polar surface area (TPSA) is 42.1 Å². The monoisotopic (exact) mass is 331 g/mol. The Kier molecular flexibility index (Phi) is 4.63. The van der Waals surface area contributed by atoms with E-state index < -0.39 is 5.97 Å². The Hall–Kier alpha value is -2.33. The molecule has 2 aromatic carbocycles. The Morgan fingerprint density at radius 1 is 1.22 bits per heavy atom. The van der Waals surface area contributed by atoms with Crippen molar-refractivity contribution in [3.05, 3.63) is 70.6 Å². The molecule has 3 aromatic rings. The lowest BCUT2D eigenvalue weighted by Gasteiger charge is -2.06. The van der Waals surface area contributed by atoms with Crippen LogP contribution in [0.4, 0.5) is 4.39 Å². The van der Waals surface area contributed by atoms with Gasteiger partial charge in [-0.25, -0.2) is 9.18 Å². The van der Waals surface area contributed by atoms with E-state index in [2.05, 4.69) is 4.98 Å². The van der Waals surface area contributed by atoms with Gasteiger partial charge >= 0.3 is 5.97 Å². The molecule has 0 amide bonds. The molecule has 0 saturated carbocycles. The maximum Gasteiger partial charge on any atom is 0.339 e. The number of carbonyl (C=O) groups is 1. The summed E-state index contributed by atoms with van der Waals surface area (Å²) < 4.78 is 18.6. The molecule has 0 aliphatic rings. The fourth-order valence-corrected chi connectivity index (χ4v) is 2.70. The van der Waals surface area contributed by atoms with Crippen molar-refractivity contribution in [2.45, 2.75) is 12.8 Å². The number of carbonyl (C=O) groups excluding carboxylic acids is 1. The number of ether oxygens (including phenoxy) is 1. The first-order chi connectivity index (χ1) is 11.1. The molecule has 5 heteroatoms. The van der Waals surface area contributed by atoms with E-state index in [9.17, 15) is 9.18 Å². The molecule has 1 aromatic heterocycles. The highest BCUT2D eigenvalue weighted by molar-refractivity contribution is 6.33. The highest BCUT2D eigenvalue weighted by Gasteiger charge is 2.11. The standard InChI is InChI=1S/C18H15ClFNO2/c19-16-6-2-1-5-14(16)18(22)23-9-3-4-12-11-21-17-8-7-13(20)10-15(12)17/h1-2,5-8,10-11,21H,3-4,9H2. The molecule has 0 bridgehead atoms. The lowest BCUT2D eigenvalue weighted by atomic mass is 10.1. The fourth-order valence-electron chi connectivity index (χ4n) is 2.49. The summed E-state index contributed by atoms with van der Waals surface area (Å²) >= 11 is 5.95. The van der Waals surface area contributed by atoms with Crippen LogP contribution in [0.2, 0.25) is 5.02 Å². The van der Waals surface area contributed by atoms with E-state index in [4.69, 9.17) is 16.3 Å². The van der Waals surface area contributed by atoms with Gasteiger partial charge in [-0.15, -0.1) is 0 Å². The van der Waals surface area contributed by atoms with E-state index in [1.807, 2.05) is 6.20 Å². The quantitative estimate of drug-likeness (QED) is 0.541. The zero-order valence-electron chi connectivity index (χ0n) is 12.3. The van der Waals surface area contributed by atoms with Crippen molar-refractivity contribution >= 4 is 28.5 Å². The molecule has 3 nitrogen and oxygen atoms in total. The van der Waals surface area contributed by atoms with Crippen LogP contribution in [0.15, 0.2) is 48.7 Å². The maximum atomic E-state index is 13.3. The number of esters is 1. The first-order valence-corrected chi connectivity index (χ1v) is 7.70. The molecule has 0 spiro atoms. The number of aromatic amines is 1. The molecule has 1 N–H and O–H groups in total. The molecule has 0 atom stereocenters. The van der Waals surface area contributed by atoms with Crippen molar-refractivity contribution in [2.75, 3.05) is 6.61 Å². The summed E-state index contributed by atoms with van der Waals surface area (Å²) in [5.74, 6) is -0.691. The third-order valence-corrected chi connectivity index (χ3v) is 3.98. The molecule has 0 unspecified atom stereocenters. The lowest BCUT2D eigenvalue weighted by Crippen LogP contribution is -2.07. The van der Waals surface area contributed by atoms with Gasteiger partial charge in [0.15, 0.2) is 0 Å². The Morgan fingerprint density at radius 2 is 2.04 bits per heavy atom. The van der Waals surface area contributed by atoms with Gasteiger partial charge in [-0.05, 0) is 48.7 Å². The molecule has 3 rings (SSSR count). The van der Waals surface area contributed by atoms with Crippen LogP contribution in [0, 0.1) is 5.82 Å². The Bertz CT molecular complexity index is 844. The van der Waals surface area contributed by atoms with Crippen LogP contribution in [-0.2, 0) is 11.2 Å². The number of rotatable bonds is 5. The number of fused-ring (bicyclic) bond motifs is 1. The van der Waals surface area contributed by atoms with Crippen LogP contribution in [-0.4, -0.2) is 17.6 Å². The number of H-pyrrole nitrogens is 1. The second-order valence-electron chi connectivity index (χ2n) is 5.22. The summed E-state index contributed by atoms with van der Waals surface area (Å²) in [6.45, 7) is 0.284. The smallest absolute Gasteiger partial charge is 0.339 e. The number of hydrogen-bond donors (Lipinski definition) is 1. The summed E-state index contributed by atoms with van der Waals surface area (Å²) in [4.78, 5) is 15.0. The number of aryl methyl sites for hydroxylation is 1. The van der Waals surface area contributed by atoms with Crippen molar-refractivity contribution in [1.29, 1.82) is 0 Å². The highest BCUT2D eigenvalue weighted by Crippen LogP contribution is 2.21. The van der Waals surface area contributed by atoms with E-state index in [1.165, 1.54) is 12.1 Å². The molecule has 0 aliphatic heterocycles. The largest absolute Gasteiger partial charge is 0.462 e. The maximum absolute atomic E-state index is 13.3. The van der Waals surface area contributed by atoms with Gasteiger partial charge < -0.3 is 9.72 Å². The van der Waals surface area contributed by atoms with Gasteiger partial charge in [-0.2, -0.15) is 0 Å². The van der Waals surface area contributed by atoms with Gasteiger partial charge in [0.1, 0.15) is 5.82 Å². The molecule has 0 saturated heterocycles. The van der Waals surface area contributed by atoms with E-state index >= 15 is 0 Å². The molecular formula is C18H15ClFNO2. The molecule has 0 aliphatic carbocycles. The highest BCUT2D eigenvalue weighted by atomic mass is 35.5. The second-order valence-corrected chi connectivity index (χ2v) is 5.63. The Morgan fingerprint density at radius 3 is 2.87 bits per heavy atom. The second kappa shape index (κ2) is 6.84. The molecule has 0 radical (unpaired) electrons. The van der Waals surface area contributed by atoms with Gasteiger partial charge in [0.2, 0.25) is 0 Å². The van der Waals surface area contributed by atoms with E-state index in [-0.39, 0.29) is 12.4 Å². The average molecular weight is 332 g/mol. The first-order valence-electron chi connectivity index (χ1n) is 7.32. The minimum Gasteiger partial charge on any atom is -0.462 e. The predicted octanol–water partition coefficient (Wildman–Crippen LogP) is 4.75. The van der Waals surface area contributed by atoms with Gasteiger partial charge in [-0.1, -0.05) is 23.7 Å². The predicted molar refractivity (Wildman–Crippen MR) is 88.3 cm³/mol. The van der Waals surface area contributed by atoms with Crippen LogP contribution in [0.5, 0.6) is 0 Å². The van der Waals surface area contributed by atoms with Crippen molar-refractivity contribution in [3.63, 3.8) is 0 Å². The summed E-state index contributed by atoms with van der Waals surface area (Å²) in [6, 6.07) is 11.4. The van der Waals surface area contributed by atoms with E-state index in [0.29, 0.717) is 23.4 Å². The number of aromatic nitrogens is 1. The Labute approximate surface area is 138 Å². The Balaban J connectivity index is 1.56. The SMILES string of the molecule is O=C(OCCCc1c[nH]c2ccc(F)cc12)c1ccccc1Cl. The summed E-state index contributed by atoms with van der Waals surface area (Å²) in [7, 11) is 0. The van der Waals surface area contributed by atoms with Crippen LogP contribution >= 0.6 is 11.6 Å². The van der Waals surface area contributed by atoms with Gasteiger partial charge in [0.25, 0.3) is 0 Å². The van der Waals surface area contributed by atoms with Gasteiger partial charge in [0, 0.05) is 17.1 Å². The normalized spacial score (nSPS) is 10.9. The molecule has 0 fully saturated rings. The van der Waals surface area contributed by atoms with E-state index in [1.54, 1.807) is 30.3 Å². The molecule has 1 heterocycles. The summed E-state index contributed by atoms with van der Waals surface area (Å²) in [6.07, 6.45) is 3.21. The summed E-state index contributed by atoms with van der Waals surface area (Å²) in [5.41, 5.74) is 2.27. The van der Waals surface area contributed by atoms with Crippen molar-refractivity contribution in [3.8, 4) is 0 Å². The lowest BCUT2D eigenvalue weighted by molar-refractivity contribution is 0.0501. The van der Waals surface area contributed by atoms with Crippen LogP contribution in [0.25, 0.3) is 10.9 Å². The van der Waals surface area contributed by atoms with Crippen molar-refractivity contribution < 1.29 is 13.9 Å². The zero-order valence-corrected chi connectivity index (χ0v) is 13.1. The van der Waals surface area contributed by atoms with Crippen LogP contribution in [0.1, 0.15) is 22.3 Å². The molecule has 118 valence electrons. The first kappa shape index (κ1) is 15.6. The van der Waals surface area contributed by atoms with Gasteiger partial charge in [0.05, 0.1) is 17.2 Å². The average Bonchev–Trinajstić information content (AvgIpc) is 2.94. The third kappa shape index (κ3) is 3.54. The minimum absolute atomic E-state index is 0.261. The number of benzene rings is 2. The number of hydrogen-bond acceptors (Lipinski definition) is 2. The van der Waals surface area contributed by atoms with Crippen LogP contribution in [0.3, 0.4) is 0 Å². The van der Waals surface area contributed by atoms with E-state index in [0.717, 1.165) is 16.5 Å². The van der Waals surface area contributed by atoms with Crippen LogP contribution < -0.4 is 0 Å². The summed E-state index contributed by atoms with van der Waals surface area (Å²) in [5, 5.41) is 1.24. The zero-order chi connectivity index (χ0) is 16.2. The number of nitrogens with one attached hydrogen (secondary N) is 1. The van der Waals surface area contributed by atoms with Crippen molar-refractivity contribution in [2.24, 2.45) is 0 Å². The number of halogens is 2. The fraction of sp³-hybridized carbons (Fsp3) is 0.167.